The molecule has 3 aliphatic rings. The van der Waals surface area contributed by atoms with E-state index in [1.807, 2.05) is 13.0 Å². The van der Waals surface area contributed by atoms with Crippen LogP contribution in [0, 0.1) is 12.7 Å². The molecule has 2 aromatic carbocycles. The van der Waals surface area contributed by atoms with Gasteiger partial charge in [-0.05, 0) is 72.2 Å². The summed E-state index contributed by atoms with van der Waals surface area (Å²) < 4.78 is 22.0. The molecule has 1 aliphatic carbocycles. The Morgan fingerprint density at radius 2 is 1.98 bits per heavy atom. The first-order chi connectivity index (χ1) is 20.2. The van der Waals surface area contributed by atoms with Crippen LogP contribution < -0.4 is 16.6 Å². The van der Waals surface area contributed by atoms with Crippen molar-refractivity contribution < 1.29 is 23.8 Å². The van der Waals surface area contributed by atoms with Crippen molar-refractivity contribution >= 4 is 28.5 Å². The van der Waals surface area contributed by atoms with Crippen molar-refractivity contribution in [1.82, 2.24) is 14.9 Å². The average Bonchev–Trinajstić information content (AvgIpc) is 3.35. The van der Waals surface area contributed by atoms with E-state index < -0.39 is 24.0 Å². The minimum atomic E-state index is -1.41. The van der Waals surface area contributed by atoms with E-state index in [4.69, 9.17) is 15.5 Å². The number of amides is 1. The van der Waals surface area contributed by atoms with Gasteiger partial charge in [-0.3, -0.25) is 14.4 Å². The van der Waals surface area contributed by atoms with Gasteiger partial charge in [0.15, 0.2) is 6.10 Å². The lowest BCUT2D eigenvalue weighted by Gasteiger charge is -2.30. The number of nitrogens with one attached hydrogen (secondary N) is 1. The van der Waals surface area contributed by atoms with Crippen LogP contribution in [0.2, 0.25) is 0 Å². The topological polar surface area (TPSA) is 137 Å². The molecule has 42 heavy (non-hydrogen) atoms. The molecule has 3 atom stereocenters. The fraction of sp³-hybridized carbons (Fsp3) is 0.312. The molecule has 1 unspecified atom stereocenters. The molecule has 0 saturated carbocycles. The Labute approximate surface area is 240 Å². The molecule has 10 heteroatoms. The lowest BCUT2D eigenvalue weighted by Crippen LogP contribution is -2.35. The molecule has 0 saturated heterocycles. The summed E-state index contributed by atoms with van der Waals surface area (Å²) in [6, 6.07) is 9.18. The van der Waals surface area contributed by atoms with E-state index in [9.17, 15) is 19.5 Å². The number of rotatable bonds is 4. The molecule has 0 fully saturated rings. The van der Waals surface area contributed by atoms with Gasteiger partial charge >= 0.3 is 5.97 Å². The normalized spacial score (nSPS) is 19.1. The highest BCUT2D eigenvalue weighted by atomic mass is 19.1. The van der Waals surface area contributed by atoms with Gasteiger partial charge < -0.3 is 25.5 Å². The number of carbonyl (C=O) groups excluding carboxylic acids is 2. The summed E-state index contributed by atoms with van der Waals surface area (Å²) in [6.45, 7) is 3.73. The van der Waals surface area contributed by atoms with Crippen LogP contribution in [-0.2, 0) is 33.9 Å². The molecular weight excluding hydrogens is 539 g/mol. The highest BCUT2D eigenvalue weighted by Crippen LogP contribution is 2.45. The van der Waals surface area contributed by atoms with Gasteiger partial charge in [0.05, 0.1) is 41.0 Å². The van der Waals surface area contributed by atoms with Crippen LogP contribution in [0.5, 0.6) is 0 Å². The lowest BCUT2D eigenvalue weighted by molar-refractivity contribution is -0.148. The van der Waals surface area contributed by atoms with E-state index in [1.54, 1.807) is 35.8 Å². The first-order valence-electron chi connectivity index (χ1n) is 14.1. The van der Waals surface area contributed by atoms with E-state index in [1.165, 1.54) is 6.07 Å². The van der Waals surface area contributed by atoms with Crippen LogP contribution in [0.4, 0.5) is 10.1 Å². The summed E-state index contributed by atoms with van der Waals surface area (Å²) in [7, 11) is 0. The number of halogens is 1. The average molecular weight is 569 g/mol. The number of hydrogen-bond acceptors (Lipinski definition) is 7. The smallest absolute Gasteiger partial charge is 0.313 e. The highest BCUT2D eigenvalue weighted by molar-refractivity contribution is 5.94. The Morgan fingerprint density at radius 1 is 1.21 bits per heavy atom. The van der Waals surface area contributed by atoms with Crippen LogP contribution >= 0.6 is 0 Å². The number of pyridine rings is 2. The third-order valence-electron chi connectivity index (χ3n) is 9.01. The van der Waals surface area contributed by atoms with E-state index in [2.05, 4.69) is 5.32 Å². The molecule has 4 aromatic rings. The Bertz CT molecular complexity index is 1900. The number of ether oxygens (including phenoxy) is 1. The Balaban J connectivity index is 1.39. The van der Waals surface area contributed by atoms with E-state index >= 15 is 4.39 Å². The third kappa shape index (κ3) is 3.78. The Kier molecular flexibility index (Phi) is 5.95. The second kappa shape index (κ2) is 9.49. The van der Waals surface area contributed by atoms with Gasteiger partial charge in [0.25, 0.3) is 11.5 Å². The van der Waals surface area contributed by atoms with Crippen molar-refractivity contribution in [2.45, 2.75) is 64.3 Å². The SMILES string of the molecule is CC[C@H]1C(=O)OCc2c1cc1n(c2=O)Cc2c-1nc1cc(F)c(C)c3c1c2[C@@H](NC(=O)C(O)c1ccc(N)cc1)CC3. The number of fused-ring (bicyclic) bond motifs is 5. The first kappa shape index (κ1) is 26.3. The molecule has 0 radical (unpaired) electrons. The summed E-state index contributed by atoms with van der Waals surface area (Å²) in [6.07, 6.45) is 0.0544. The third-order valence-corrected chi connectivity index (χ3v) is 9.01. The molecule has 2 aromatic heterocycles. The van der Waals surface area contributed by atoms with E-state index in [0.29, 0.717) is 64.1 Å². The predicted molar refractivity (Wildman–Crippen MR) is 153 cm³/mol. The monoisotopic (exact) mass is 568 g/mol. The molecule has 4 heterocycles. The Hall–Kier alpha value is -4.57. The number of benzene rings is 2. The number of aryl methyl sites for hydroxylation is 1. The number of cyclic esters (lactones) is 1. The van der Waals surface area contributed by atoms with Crippen molar-refractivity contribution in [2.75, 3.05) is 5.73 Å². The van der Waals surface area contributed by atoms with Crippen LogP contribution in [0.15, 0.2) is 41.2 Å². The molecule has 214 valence electrons. The fourth-order valence-electron chi connectivity index (χ4n) is 6.80. The number of aliphatic hydroxyl groups is 1. The molecule has 2 aliphatic heterocycles. The number of aliphatic hydroxyl groups excluding tert-OH is 1. The molecule has 9 nitrogen and oxygen atoms in total. The van der Waals surface area contributed by atoms with E-state index in [-0.39, 0.29) is 30.5 Å². The lowest BCUT2D eigenvalue weighted by atomic mass is 9.81. The van der Waals surface area contributed by atoms with Gasteiger partial charge in [-0.15, -0.1) is 0 Å². The number of anilines is 1. The van der Waals surface area contributed by atoms with E-state index in [0.717, 1.165) is 22.1 Å². The number of carbonyl (C=O) groups is 2. The van der Waals surface area contributed by atoms with Gasteiger partial charge in [-0.1, -0.05) is 19.1 Å². The zero-order valence-electron chi connectivity index (χ0n) is 23.2. The predicted octanol–water partition coefficient (Wildman–Crippen LogP) is 3.84. The van der Waals surface area contributed by atoms with Crippen LogP contribution in [-0.4, -0.2) is 26.5 Å². The van der Waals surface area contributed by atoms with Crippen LogP contribution in [0.25, 0.3) is 22.3 Å². The zero-order valence-corrected chi connectivity index (χ0v) is 23.2. The van der Waals surface area contributed by atoms with Gasteiger partial charge in [-0.2, -0.15) is 0 Å². The van der Waals surface area contributed by atoms with Gasteiger partial charge in [0, 0.05) is 22.7 Å². The standard InChI is InChI=1S/C32H29FN4O5/c1-3-17-19-10-25-28-20(12-37(25)31(40)21(19)13-42-32(17)41)27-23(36-30(39)29(38)15-4-6-16(34)7-5-15)9-8-18-14(2)22(33)11-24(35-28)26(18)27/h4-7,10-11,17,23,29,38H,3,8-9,12-13,34H2,1-2H3,(H,36,39)/t17-,23+,29?/m1/s1. The van der Waals surface area contributed by atoms with Crippen molar-refractivity contribution in [2.24, 2.45) is 0 Å². The summed E-state index contributed by atoms with van der Waals surface area (Å²) in [5, 5.41) is 14.6. The molecule has 7 rings (SSSR count). The summed E-state index contributed by atoms with van der Waals surface area (Å²) in [5.41, 5.74) is 12.0. The molecule has 0 bridgehead atoms. The number of aromatic nitrogens is 2. The van der Waals surface area contributed by atoms with Crippen molar-refractivity contribution in [1.29, 1.82) is 0 Å². The second-order valence-electron chi connectivity index (χ2n) is 11.3. The van der Waals surface area contributed by atoms with Crippen LogP contribution in [0.3, 0.4) is 0 Å². The number of hydrogen-bond donors (Lipinski definition) is 3. The van der Waals surface area contributed by atoms with Crippen molar-refractivity contribution in [3.63, 3.8) is 0 Å². The number of nitrogens with two attached hydrogens (primary N) is 1. The van der Waals surface area contributed by atoms with Crippen LogP contribution in [0.1, 0.15) is 76.8 Å². The van der Waals surface area contributed by atoms with Gasteiger partial charge in [0.2, 0.25) is 0 Å². The maximum Gasteiger partial charge on any atom is 0.313 e. The summed E-state index contributed by atoms with van der Waals surface area (Å²) in [4.78, 5) is 44.4. The molecule has 1 amide bonds. The molecule has 4 N–H and O–H groups in total. The molecule has 0 spiro atoms. The van der Waals surface area contributed by atoms with Gasteiger partial charge in [0.1, 0.15) is 12.4 Å². The fourth-order valence-corrected chi connectivity index (χ4v) is 6.80. The zero-order chi connectivity index (χ0) is 29.4. The van der Waals surface area contributed by atoms with Crippen molar-refractivity contribution in [3.8, 4) is 11.4 Å². The highest BCUT2D eigenvalue weighted by Gasteiger charge is 2.38. The number of nitrogens with zero attached hydrogens (tertiary/aromatic N) is 2. The maximum atomic E-state index is 15.1. The number of esters is 1. The number of nitrogen functional groups attached to an aromatic ring is 1. The Morgan fingerprint density at radius 3 is 2.71 bits per heavy atom. The quantitative estimate of drug-likeness (QED) is 0.221. The molecular formula is C32H29FN4O5. The first-order valence-corrected chi connectivity index (χ1v) is 14.1. The van der Waals surface area contributed by atoms with Crippen molar-refractivity contribution in [3.05, 3.63) is 91.5 Å². The summed E-state index contributed by atoms with van der Waals surface area (Å²) in [5.74, 6) is -1.86. The minimum Gasteiger partial charge on any atom is -0.460 e. The largest absolute Gasteiger partial charge is 0.460 e. The second-order valence-corrected chi connectivity index (χ2v) is 11.3. The minimum absolute atomic E-state index is 0.0847. The van der Waals surface area contributed by atoms with Gasteiger partial charge in [-0.25, -0.2) is 9.37 Å². The maximum absolute atomic E-state index is 15.1. The summed E-state index contributed by atoms with van der Waals surface area (Å²) >= 11 is 0.